The maximum absolute atomic E-state index is 11.9. The van der Waals surface area contributed by atoms with Crippen LogP contribution >= 0.6 is 27.3 Å². The second-order valence-corrected chi connectivity index (χ2v) is 4.88. The van der Waals surface area contributed by atoms with Gasteiger partial charge in [0, 0.05) is 17.8 Å². The van der Waals surface area contributed by atoms with Crippen molar-refractivity contribution in [2.45, 2.75) is 6.92 Å². The highest BCUT2D eigenvalue weighted by Gasteiger charge is 2.11. The Labute approximate surface area is 106 Å². The number of hydrogen-bond donors (Lipinski definition) is 1. The standard InChI is InChI=1S/C11H9BrN2OS/c1-7-5-16-6-8(7)11(15)14-10-2-3-13-4-9(10)12/h2-6H,1H3,(H,13,14,15). The van der Waals surface area contributed by atoms with Gasteiger partial charge in [0.05, 0.1) is 15.7 Å². The van der Waals surface area contributed by atoms with E-state index in [2.05, 4.69) is 26.2 Å². The van der Waals surface area contributed by atoms with Crippen LogP contribution in [0.2, 0.25) is 0 Å². The van der Waals surface area contributed by atoms with Crippen molar-refractivity contribution >= 4 is 38.9 Å². The highest BCUT2D eigenvalue weighted by atomic mass is 79.9. The molecule has 0 bridgehead atoms. The highest BCUT2D eigenvalue weighted by Crippen LogP contribution is 2.22. The van der Waals surface area contributed by atoms with Gasteiger partial charge in [-0.1, -0.05) is 0 Å². The number of nitrogens with zero attached hydrogens (tertiary/aromatic N) is 1. The molecule has 0 radical (unpaired) electrons. The molecular formula is C11H9BrN2OS. The van der Waals surface area contributed by atoms with Crippen molar-refractivity contribution < 1.29 is 4.79 Å². The number of rotatable bonds is 2. The number of hydrogen-bond acceptors (Lipinski definition) is 3. The lowest BCUT2D eigenvalue weighted by atomic mass is 10.2. The molecule has 2 rings (SSSR count). The number of carbonyl (C=O) groups is 1. The van der Waals surface area contributed by atoms with E-state index in [0.29, 0.717) is 5.56 Å². The maximum Gasteiger partial charge on any atom is 0.256 e. The summed E-state index contributed by atoms with van der Waals surface area (Å²) in [6.07, 6.45) is 3.29. The van der Waals surface area contributed by atoms with Gasteiger partial charge in [-0.25, -0.2) is 0 Å². The minimum absolute atomic E-state index is 0.0920. The SMILES string of the molecule is Cc1cscc1C(=O)Nc1ccncc1Br. The summed E-state index contributed by atoms with van der Waals surface area (Å²) < 4.78 is 0.774. The van der Waals surface area contributed by atoms with E-state index in [9.17, 15) is 4.79 Å². The summed E-state index contributed by atoms with van der Waals surface area (Å²) in [5.74, 6) is -0.0920. The van der Waals surface area contributed by atoms with E-state index in [1.807, 2.05) is 17.7 Å². The molecule has 2 heterocycles. The second kappa shape index (κ2) is 4.76. The molecule has 1 amide bonds. The molecule has 0 saturated carbocycles. The van der Waals surface area contributed by atoms with E-state index in [-0.39, 0.29) is 5.91 Å². The first-order chi connectivity index (χ1) is 7.68. The van der Waals surface area contributed by atoms with Crippen LogP contribution in [0.25, 0.3) is 0 Å². The number of aromatic nitrogens is 1. The summed E-state index contributed by atoms with van der Waals surface area (Å²) in [6, 6.07) is 1.75. The topological polar surface area (TPSA) is 42.0 Å². The van der Waals surface area contributed by atoms with Gasteiger partial charge in [0.2, 0.25) is 0 Å². The summed E-state index contributed by atoms with van der Waals surface area (Å²) in [5.41, 5.74) is 2.44. The zero-order valence-electron chi connectivity index (χ0n) is 8.53. The van der Waals surface area contributed by atoms with Gasteiger partial charge in [0.15, 0.2) is 0 Å². The van der Waals surface area contributed by atoms with E-state index < -0.39 is 0 Å². The molecule has 0 fully saturated rings. The first kappa shape index (κ1) is 11.3. The summed E-state index contributed by atoms with van der Waals surface area (Å²) in [5, 5.41) is 6.64. The van der Waals surface area contributed by atoms with Crippen molar-refractivity contribution in [3.8, 4) is 0 Å². The molecule has 0 atom stereocenters. The third-order valence-electron chi connectivity index (χ3n) is 2.12. The number of carbonyl (C=O) groups excluding carboxylic acids is 1. The molecule has 0 aliphatic heterocycles. The van der Waals surface area contributed by atoms with Crippen LogP contribution in [0.3, 0.4) is 0 Å². The summed E-state index contributed by atoms with van der Waals surface area (Å²) >= 11 is 4.86. The van der Waals surface area contributed by atoms with E-state index >= 15 is 0 Å². The van der Waals surface area contributed by atoms with Crippen LogP contribution in [0, 0.1) is 6.92 Å². The molecule has 16 heavy (non-hydrogen) atoms. The summed E-state index contributed by atoms with van der Waals surface area (Å²) in [4.78, 5) is 15.8. The molecule has 3 nitrogen and oxygen atoms in total. The second-order valence-electron chi connectivity index (χ2n) is 3.28. The molecule has 2 aromatic heterocycles. The number of anilines is 1. The van der Waals surface area contributed by atoms with Crippen molar-refractivity contribution in [2.75, 3.05) is 5.32 Å². The van der Waals surface area contributed by atoms with Crippen LogP contribution in [0.5, 0.6) is 0 Å². The normalized spacial score (nSPS) is 10.1. The van der Waals surface area contributed by atoms with E-state index in [1.54, 1.807) is 18.5 Å². The number of aryl methyl sites for hydroxylation is 1. The van der Waals surface area contributed by atoms with Crippen LogP contribution < -0.4 is 5.32 Å². The summed E-state index contributed by atoms with van der Waals surface area (Å²) in [6.45, 7) is 1.92. The maximum atomic E-state index is 11.9. The lowest BCUT2D eigenvalue weighted by molar-refractivity contribution is 0.102. The van der Waals surface area contributed by atoms with E-state index in [0.717, 1.165) is 15.7 Å². The fourth-order valence-corrected chi connectivity index (χ4v) is 2.44. The smallest absolute Gasteiger partial charge is 0.256 e. The van der Waals surface area contributed by atoms with Crippen LogP contribution in [-0.2, 0) is 0 Å². The molecule has 0 aliphatic carbocycles. The number of amides is 1. The van der Waals surface area contributed by atoms with Crippen molar-refractivity contribution in [3.63, 3.8) is 0 Å². The van der Waals surface area contributed by atoms with Gasteiger partial charge < -0.3 is 5.32 Å². The fourth-order valence-electron chi connectivity index (χ4n) is 1.26. The quantitative estimate of drug-likeness (QED) is 0.922. The molecule has 0 aliphatic rings. The molecule has 0 spiro atoms. The van der Waals surface area contributed by atoms with Crippen LogP contribution in [-0.4, -0.2) is 10.9 Å². The molecule has 1 N–H and O–H groups in total. The molecule has 2 aromatic rings. The van der Waals surface area contributed by atoms with Gasteiger partial charge in [-0.2, -0.15) is 11.3 Å². The lowest BCUT2D eigenvalue weighted by Crippen LogP contribution is -2.12. The van der Waals surface area contributed by atoms with Crippen molar-refractivity contribution in [3.05, 3.63) is 44.8 Å². The third kappa shape index (κ3) is 2.31. The Morgan fingerprint density at radius 1 is 1.50 bits per heavy atom. The largest absolute Gasteiger partial charge is 0.321 e. The lowest BCUT2D eigenvalue weighted by Gasteiger charge is -2.06. The fraction of sp³-hybridized carbons (Fsp3) is 0.0909. The van der Waals surface area contributed by atoms with Crippen LogP contribution in [0.4, 0.5) is 5.69 Å². The Morgan fingerprint density at radius 2 is 2.31 bits per heavy atom. The van der Waals surface area contributed by atoms with Gasteiger partial charge >= 0.3 is 0 Å². The number of thiophene rings is 1. The van der Waals surface area contributed by atoms with Crippen molar-refractivity contribution in [1.29, 1.82) is 0 Å². The van der Waals surface area contributed by atoms with Crippen LogP contribution in [0.1, 0.15) is 15.9 Å². The molecule has 0 saturated heterocycles. The molecule has 5 heteroatoms. The van der Waals surface area contributed by atoms with E-state index in [4.69, 9.17) is 0 Å². The minimum atomic E-state index is -0.0920. The molecule has 0 aromatic carbocycles. The summed E-state index contributed by atoms with van der Waals surface area (Å²) in [7, 11) is 0. The van der Waals surface area contributed by atoms with Gasteiger partial charge in [0.25, 0.3) is 5.91 Å². The first-order valence-electron chi connectivity index (χ1n) is 4.62. The van der Waals surface area contributed by atoms with Gasteiger partial charge in [-0.15, -0.1) is 0 Å². The number of pyridine rings is 1. The average Bonchev–Trinajstić information content (AvgIpc) is 2.68. The Morgan fingerprint density at radius 3 is 2.94 bits per heavy atom. The average molecular weight is 297 g/mol. The van der Waals surface area contributed by atoms with E-state index in [1.165, 1.54) is 11.3 Å². The van der Waals surface area contributed by atoms with Gasteiger partial charge in [0.1, 0.15) is 0 Å². The monoisotopic (exact) mass is 296 g/mol. The van der Waals surface area contributed by atoms with Crippen LogP contribution in [0.15, 0.2) is 33.7 Å². The predicted octanol–water partition coefficient (Wildman–Crippen LogP) is 3.47. The number of halogens is 1. The van der Waals surface area contributed by atoms with Gasteiger partial charge in [-0.3, -0.25) is 9.78 Å². The molecule has 82 valence electrons. The molecular weight excluding hydrogens is 288 g/mol. The third-order valence-corrected chi connectivity index (χ3v) is 3.61. The highest BCUT2D eigenvalue weighted by molar-refractivity contribution is 9.10. The zero-order valence-corrected chi connectivity index (χ0v) is 10.9. The molecule has 0 unspecified atom stereocenters. The Bertz CT molecular complexity index is 524. The van der Waals surface area contributed by atoms with Crippen molar-refractivity contribution in [1.82, 2.24) is 4.98 Å². The Kier molecular flexibility index (Phi) is 3.36. The first-order valence-corrected chi connectivity index (χ1v) is 6.35. The zero-order chi connectivity index (χ0) is 11.5. The van der Waals surface area contributed by atoms with Gasteiger partial charge in [-0.05, 0) is 39.9 Å². The van der Waals surface area contributed by atoms with Crippen molar-refractivity contribution in [2.24, 2.45) is 0 Å². The minimum Gasteiger partial charge on any atom is -0.321 e. The Balaban J connectivity index is 2.21. The number of nitrogens with one attached hydrogen (secondary N) is 1. The predicted molar refractivity (Wildman–Crippen MR) is 68.9 cm³/mol. The Hall–Kier alpha value is -1.20.